The SMILES string of the molecule is C#Cc1cccc(Oc2c(F)c(F)c(-c3c(F)c(F)c(Sc4ccc(Sc5ccc(Sc6cccc(C)c6C#N)cc5)cc4)c(F)c3F)c(F)c2F)c1. The van der Waals surface area contributed by atoms with E-state index in [1.54, 1.807) is 12.1 Å². The molecule has 6 rings (SSSR count). The summed E-state index contributed by atoms with van der Waals surface area (Å²) >= 11 is 3.09. The van der Waals surface area contributed by atoms with Crippen LogP contribution in [0.1, 0.15) is 16.7 Å². The van der Waals surface area contributed by atoms with Gasteiger partial charge in [0, 0.05) is 30.0 Å². The third kappa shape index (κ3) is 7.60. The molecule has 0 aliphatic carbocycles. The van der Waals surface area contributed by atoms with Crippen LogP contribution in [0.15, 0.2) is 120 Å². The second-order valence-electron chi connectivity index (χ2n) is 11.0. The number of ether oxygens (including phenoxy) is 1. The van der Waals surface area contributed by atoms with Crippen LogP contribution in [0, 0.1) is 77.1 Å². The summed E-state index contributed by atoms with van der Waals surface area (Å²) in [4.78, 5) is 2.24. The first kappa shape index (κ1) is 37.4. The Balaban J connectivity index is 1.21. The van der Waals surface area contributed by atoms with Crippen LogP contribution in [0.2, 0.25) is 0 Å². The molecule has 0 N–H and O–H groups in total. The fourth-order valence-electron chi connectivity index (χ4n) is 5.01. The van der Waals surface area contributed by atoms with Crippen LogP contribution < -0.4 is 4.74 Å². The summed E-state index contributed by atoms with van der Waals surface area (Å²) < 4.78 is 126. The fourth-order valence-corrected chi connectivity index (χ4v) is 7.67. The molecule has 6 aromatic rings. The van der Waals surface area contributed by atoms with Gasteiger partial charge in [-0.05, 0) is 85.3 Å². The van der Waals surface area contributed by atoms with Gasteiger partial charge in [0.1, 0.15) is 11.8 Å². The topological polar surface area (TPSA) is 33.0 Å². The number of halogens is 8. The quantitative estimate of drug-likeness (QED) is 0.0829. The maximum atomic E-state index is 15.3. The smallest absolute Gasteiger partial charge is 0.205 e. The van der Waals surface area contributed by atoms with Crippen LogP contribution in [0.4, 0.5) is 35.1 Å². The summed E-state index contributed by atoms with van der Waals surface area (Å²) in [5, 5.41) is 9.49. The van der Waals surface area contributed by atoms with E-state index in [-0.39, 0.29) is 28.0 Å². The third-order valence-corrected chi connectivity index (χ3v) is 10.7. The van der Waals surface area contributed by atoms with Gasteiger partial charge in [-0.25, -0.2) is 26.3 Å². The highest BCUT2D eigenvalue weighted by atomic mass is 32.2. The van der Waals surface area contributed by atoms with Crippen molar-refractivity contribution in [1.82, 2.24) is 0 Å². The molecule has 0 aliphatic rings. The largest absolute Gasteiger partial charge is 0.451 e. The van der Waals surface area contributed by atoms with Crippen molar-refractivity contribution < 1.29 is 39.9 Å². The zero-order valence-corrected chi connectivity index (χ0v) is 29.3. The monoisotopic (exact) mass is 777 g/mol. The van der Waals surface area contributed by atoms with Crippen LogP contribution in [-0.4, -0.2) is 0 Å². The minimum Gasteiger partial charge on any atom is -0.451 e. The molecule has 2 nitrogen and oxygen atoms in total. The van der Waals surface area contributed by atoms with Crippen LogP contribution in [0.3, 0.4) is 0 Å². The Bertz CT molecular complexity index is 2420. The number of rotatable bonds is 9. The van der Waals surface area contributed by atoms with Crippen molar-refractivity contribution in [3.8, 4) is 41.0 Å². The van der Waals surface area contributed by atoms with Crippen molar-refractivity contribution in [2.24, 2.45) is 0 Å². The molecule has 0 amide bonds. The molecule has 6 aromatic carbocycles. The first-order valence-electron chi connectivity index (χ1n) is 15.1. The lowest BCUT2D eigenvalue weighted by Crippen LogP contribution is -2.09. The van der Waals surface area contributed by atoms with E-state index in [0.29, 0.717) is 10.5 Å². The molecule has 0 saturated carbocycles. The predicted octanol–water partition coefficient (Wildman–Crippen LogP) is 12.9. The highest BCUT2D eigenvalue weighted by Crippen LogP contribution is 2.44. The number of aryl methyl sites for hydroxylation is 1. The average Bonchev–Trinajstić information content (AvgIpc) is 3.16. The van der Waals surface area contributed by atoms with Gasteiger partial charge in [0.05, 0.1) is 21.6 Å². The molecule has 0 aromatic heterocycles. The van der Waals surface area contributed by atoms with E-state index < -0.39 is 68.3 Å². The third-order valence-electron chi connectivity index (χ3n) is 7.59. The molecule has 0 unspecified atom stereocenters. The molecular formula is C40H19F8NOS3. The summed E-state index contributed by atoms with van der Waals surface area (Å²) in [5.74, 6) is -17.5. The zero-order valence-electron chi connectivity index (χ0n) is 26.8. The minimum atomic E-state index is -2.36. The minimum absolute atomic E-state index is 0.141. The van der Waals surface area contributed by atoms with Crippen molar-refractivity contribution in [2.45, 2.75) is 36.3 Å². The molecule has 264 valence electrons. The van der Waals surface area contributed by atoms with Crippen molar-refractivity contribution in [3.63, 3.8) is 0 Å². The molecule has 0 spiro atoms. The van der Waals surface area contributed by atoms with Gasteiger partial charge in [-0.3, -0.25) is 0 Å². The second-order valence-corrected chi connectivity index (χ2v) is 14.3. The van der Waals surface area contributed by atoms with Gasteiger partial charge >= 0.3 is 0 Å². The van der Waals surface area contributed by atoms with E-state index in [1.807, 2.05) is 49.4 Å². The molecule has 0 aliphatic heterocycles. The summed E-state index contributed by atoms with van der Waals surface area (Å²) in [5.41, 5.74) is -2.33. The average molecular weight is 778 g/mol. The van der Waals surface area contributed by atoms with Crippen LogP contribution in [-0.2, 0) is 0 Å². The lowest BCUT2D eigenvalue weighted by Gasteiger charge is -2.16. The zero-order chi connectivity index (χ0) is 38.0. The standard InChI is InChI=1S/C40H19F8NOS3/c1-3-21-7-5-8-22(18-21)50-39-35(45)31(41)29(32(42)36(39)46)30-33(43)37(47)40(38(48)34(30)44)53-26-16-12-24(13-17-26)51-23-10-14-25(15-11-23)52-28-9-4-6-20(2)27(28)19-49/h1,4-18H,2H3. The lowest BCUT2D eigenvalue weighted by molar-refractivity contribution is 0.366. The Hall–Kier alpha value is -5.34. The first-order valence-corrected chi connectivity index (χ1v) is 17.6. The molecule has 0 heterocycles. The van der Waals surface area contributed by atoms with E-state index in [0.717, 1.165) is 32.4 Å². The van der Waals surface area contributed by atoms with Gasteiger partial charge < -0.3 is 4.74 Å². The molecule has 0 saturated heterocycles. The first-order chi connectivity index (χ1) is 25.4. The van der Waals surface area contributed by atoms with Crippen LogP contribution in [0.5, 0.6) is 11.5 Å². The Morgan fingerprint density at radius 3 is 1.55 bits per heavy atom. The molecule has 0 fully saturated rings. The molecule has 0 bridgehead atoms. The van der Waals surface area contributed by atoms with Crippen molar-refractivity contribution in [3.05, 3.63) is 154 Å². The van der Waals surface area contributed by atoms with Gasteiger partial charge in [-0.1, -0.05) is 59.4 Å². The molecule has 53 heavy (non-hydrogen) atoms. The molecule has 0 atom stereocenters. The van der Waals surface area contributed by atoms with E-state index >= 15 is 26.3 Å². The molecule has 0 radical (unpaired) electrons. The van der Waals surface area contributed by atoms with E-state index in [4.69, 9.17) is 11.2 Å². The summed E-state index contributed by atoms with van der Waals surface area (Å²) in [6, 6.07) is 26.5. The number of terminal acetylenes is 1. The Kier molecular flexibility index (Phi) is 11.1. The molecule has 13 heteroatoms. The lowest BCUT2D eigenvalue weighted by atomic mass is 10.0. The van der Waals surface area contributed by atoms with Crippen molar-refractivity contribution >= 4 is 35.3 Å². The van der Waals surface area contributed by atoms with Gasteiger partial charge in [-0.15, -0.1) is 6.42 Å². The fraction of sp³-hybridized carbons (Fsp3) is 0.0250. The van der Waals surface area contributed by atoms with E-state index in [1.165, 1.54) is 47.8 Å². The summed E-state index contributed by atoms with van der Waals surface area (Å²) in [6.45, 7) is 1.87. The Morgan fingerprint density at radius 1 is 0.566 bits per heavy atom. The van der Waals surface area contributed by atoms with Crippen LogP contribution in [0.25, 0.3) is 11.1 Å². The number of hydrogen-bond acceptors (Lipinski definition) is 5. The number of hydrogen-bond donors (Lipinski definition) is 0. The van der Waals surface area contributed by atoms with Crippen LogP contribution >= 0.6 is 35.3 Å². The van der Waals surface area contributed by atoms with Gasteiger partial charge in [0.2, 0.25) is 17.4 Å². The highest BCUT2D eigenvalue weighted by molar-refractivity contribution is 8.00. The number of nitrogens with zero attached hydrogens (tertiary/aromatic N) is 1. The second kappa shape index (κ2) is 15.7. The number of benzene rings is 6. The molecular weight excluding hydrogens is 759 g/mol. The Labute approximate surface area is 310 Å². The normalized spacial score (nSPS) is 10.9. The van der Waals surface area contributed by atoms with Gasteiger partial charge in [0.25, 0.3) is 0 Å². The summed E-state index contributed by atoms with van der Waals surface area (Å²) in [7, 11) is 0. The van der Waals surface area contributed by atoms with E-state index in [9.17, 15) is 14.0 Å². The van der Waals surface area contributed by atoms with Crippen molar-refractivity contribution in [2.75, 3.05) is 0 Å². The van der Waals surface area contributed by atoms with Gasteiger partial charge in [0.15, 0.2) is 34.9 Å². The Morgan fingerprint density at radius 2 is 1.04 bits per heavy atom. The summed E-state index contributed by atoms with van der Waals surface area (Å²) in [6.07, 6.45) is 5.26. The van der Waals surface area contributed by atoms with Crippen molar-refractivity contribution in [1.29, 1.82) is 5.26 Å². The highest BCUT2D eigenvalue weighted by Gasteiger charge is 2.35. The van der Waals surface area contributed by atoms with E-state index in [2.05, 4.69) is 12.0 Å². The number of nitriles is 1. The maximum absolute atomic E-state index is 15.3. The maximum Gasteiger partial charge on any atom is 0.205 e. The predicted molar refractivity (Wildman–Crippen MR) is 187 cm³/mol. The van der Waals surface area contributed by atoms with Gasteiger partial charge in [-0.2, -0.15) is 14.0 Å².